The summed E-state index contributed by atoms with van der Waals surface area (Å²) >= 11 is 0. The van der Waals surface area contributed by atoms with Crippen LogP contribution >= 0.6 is 0 Å². The van der Waals surface area contributed by atoms with Gasteiger partial charge in [-0.05, 0) is 32.1 Å². The van der Waals surface area contributed by atoms with Crippen LogP contribution in [0.25, 0.3) is 0 Å². The van der Waals surface area contributed by atoms with Gasteiger partial charge in [0.15, 0.2) is 0 Å². The van der Waals surface area contributed by atoms with Crippen molar-refractivity contribution in [3.05, 3.63) is 0 Å². The van der Waals surface area contributed by atoms with Gasteiger partial charge < -0.3 is 15.5 Å². The molecule has 1 saturated carbocycles. The number of aliphatic carboxylic acids is 1. The van der Waals surface area contributed by atoms with Crippen molar-refractivity contribution in [3.8, 4) is 0 Å². The van der Waals surface area contributed by atoms with E-state index in [1.807, 2.05) is 6.92 Å². The Labute approximate surface area is 94.8 Å². The molecule has 0 bridgehead atoms. The molecule has 5 heteroatoms. The van der Waals surface area contributed by atoms with Crippen molar-refractivity contribution in [2.75, 3.05) is 6.54 Å². The average Bonchev–Trinajstić information content (AvgIpc) is 2.93. The first kappa shape index (κ1) is 13.0. The second-order valence-corrected chi connectivity index (χ2v) is 4.79. The SMILES string of the molecule is CC(O)CC(C)CNC(=O)C1(C(=O)O)CC1. The highest BCUT2D eigenvalue weighted by atomic mass is 16.4. The van der Waals surface area contributed by atoms with Crippen LogP contribution in [0.4, 0.5) is 0 Å². The standard InChI is InChI=1S/C11H19NO4/c1-7(5-8(2)13)6-12-9(14)11(3-4-11)10(15)16/h7-8,13H,3-6H2,1-2H3,(H,12,14)(H,15,16). The molecule has 1 amide bonds. The number of carboxylic acid groups (broad SMARTS) is 1. The van der Waals surface area contributed by atoms with Crippen molar-refractivity contribution in [2.45, 2.75) is 39.2 Å². The van der Waals surface area contributed by atoms with Gasteiger partial charge >= 0.3 is 5.97 Å². The minimum atomic E-state index is -1.16. The summed E-state index contributed by atoms with van der Waals surface area (Å²) in [4.78, 5) is 22.5. The summed E-state index contributed by atoms with van der Waals surface area (Å²) in [6.45, 7) is 4.02. The molecule has 0 aromatic rings. The van der Waals surface area contributed by atoms with Gasteiger partial charge in [-0.3, -0.25) is 9.59 Å². The molecule has 5 nitrogen and oxygen atoms in total. The van der Waals surface area contributed by atoms with Crippen LogP contribution in [0.15, 0.2) is 0 Å². The third-order valence-corrected chi connectivity index (χ3v) is 2.95. The number of carbonyl (C=O) groups is 2. The molecule has 0 heterocycles. The fraction of sp³-hybridized carbons (Fsp3) is 0.818. The van der Waals surface area contributed by atoms with E-state index in [9.17, 15) is 9.59 Å². The molecule has 1 rings (SSSR count). The summed E-state index contributed by atoms with van der Waals surface area (Å²) in [6, 6.07) is 0. The molecule has 1 aliphatic rings. The van der Waals surface area contributed by atoms with Crippen molar-refractivity contribution in [1.82, 2.24) is 5.32 Å². The maximum absolute atomic E-state index is 11.6. The molecule has 0 radical (unpaired) electrons. The maximum Gasteiger partial charge on any atom is 0.319 e. The number of rotatable bonds is 6. The normalized spacial score (nSPS) is 20.9. The van der Waals surface area contributed by atoms with Gasteiger partial charge in [0.05, 0.1) is 6.10 Å². The number of aliphatic hydroxyl groups is 1. The van der Waals surface area contributed by atoms with E-state index in [1.165, 1.54) is 0 Å². The van der Waals surface area contributed by atoms with Gasteiger partial charge in [-0.15, -0.1) is 0 Å². The van der Waals surface area contributed by atoms with Crippen LogP contribution < -0.4 is 5.32 Å². The Morgan fingerprint density at radius 1 is 1.38 bits per heavy atom. The highest BCUT2D eigenvalue weighted by Crippen LogP contribution is 2.46. The number of aliphatic hydroxyl groups excluding tert-OH is 1. The molecule has 2 atom stereocenters. The Hall–Kier alpha value is -1.10. The van der Waals surface area contributed by atoms with Crippen molar-refractivity contribution >= 4 is 11.9 Å². The smallest absolute Gasteiger partial charge is 0.319 e. The zero-order valence-electron chi connectivity index (χ0n) is 9.69. The molecular formula is C11H19NO4. The van der Waals surface area contributed by atoms with Gasteiger partial charge in [0.2, 0.25) is 5.91 Å². The van der Waals surface area contributed by atoms with Gasteiger partial charge in [0, 0.05) is 6.54 Å². The fourth-order valence-corrected chi connectivity index (χ4v) is 1.76. The molecule has 0 aromatic heterocycles. The van der Waals surface area contributed by atoms with Crippen molar-refractivity contribution in [1.29, 1.82) is 0 Å². The number of hydrogen-bond donors (Lipinski definition) is 3. The fourth-order valence-electron chi connectivity index (χ4n) is 1.76. The Bertz CT molecular complexity index is 284. The van der Waals surface area contributed by atoms with Gasteiger partial charge in [0.25, 0.3) is 0 Å². The molecule has 1 fully saturated rings. The molecule has 0 aromatic carbocycles. The van der Waals surface area contributed by atoms with Crippen LogP contribution in [0.5, 0.6) is 0 Å². The number of carboxylic acids is 1. The summed E-state index contributed by atoms with van der Waals surface area (Å²) in [6.07, 6.45) is 1.05. The van der Waals surface area contributed by atoms with E-state index in [2.05, 4.69) is 5.32 Å². The Morgan fingerprint density at radius 3 is 2.31 bits per heavy atom. The number of hydrogen-bond acceptors (Lipinski definition) is 3. The molecular weight excluding hydrogens is 210 g/mol. The topological polar surface area (TPSA) is 86.6 Å². The van der Waals surface area contributed by atoms with Crippen LogP contribution in [-0.2, 0) is 9.59 Å². The quantitative estimate of drug-likeness (QED) is 0.574. The first-order valence-corrected chi connectivity index (χ1v) is 5.58. The monoisotopic (exact) mass is 229 g/mol. The number of carbonyl (C=O) groups excluding carboxylic acids is 1. The van der Waals surface area contributed by atoms with Crippen molar-refractivity contribution in [3.63, 3.8) is 0 Å². The van der Waals surface area contributed by atoms with Gasteiger partial charge in [-0.25, -0.2) is 0 Å². The summed E-state index contributed by atoms with van der Waals surface area (Å²) in [5.41, 5.74) is -1.16. The van der Waals surface area contributed by atoms with E-state index in [0.717, 1.165) is 0 Å². The molecule has 92 valence electrons. The van der Waals surface area contributed by atoms with E-state index in [0.29, 0.717) is 25.8 Å². The van der Waals surface area contributed by atoms with Gasteiger partial charge in [0.1, 0.15) is 5.41 Å². The predicted molar refractivity (Wildman–Crippen MR) is 57.8 cm³/mol. The highest BCUT2D eigenvalue weighted by molar-refractivity contribution is 6.04. The molecule has 2 unspecified atom stereocenters. The van der Waals surface area contributed by atoms with Crippen LogP contribution in [0.3, 0.4) is 0 Å². The Balaban J connectivity index is 2.33. The molecule has 0 spiro atoms. The third-order valence-electron chi connectivity index (χ3n) is 2.95. The minimum absolute atomic E-state index is 0.147. The lowest BCUT2D eigenvalue weighted by atomic mass is 10.0. The molecule has 1 aliphatic carbocycles. The van der Waals surface area contributed by atoms with Gasteiger partial charge in [-0.2, -0.15) is 0 Å². The average molecular weight is 229 g/mol. The molecule has 0 aliphatic heterocycles. The minimum Gasteiger partial charge on any atom is -0.480 e. The zero-order chi connectivity index (χ0) is 12.3. The van der Waals surface area contributed by atoms with E-state index in [1.54, 1.807) is 6.92 Å². The van der Waals surface area contributed by atoms with E-state index >= 15 is 0 Å². The Morgan fingerprint density at radius 2 is 1.94 bits per heavy atom. The van der Waals surface area contributed by atoms with E-state index < -0.39 is 23.4 Å². The summed E-state index contributed by atoms with van der Waals surface area (Å²) in [5, 5.41) is 20.7. The maximum atomic E-state index is 11.6. The van der Waals surface area contributed by atoms with Gasteiger partial charge in [-0.1, -0.05) is 6.92 Å². The first-order chi connectivity index (χ1) is 7.38. The first-order valence-electron chi connectivity index (χ1n) is 5.58. The zero-order valence-corrected chi connectivity index (χ0v) is 9.69. The van der Waals surface area contributed by atoms with Crippen LogP contribution in [0, 0.1) is 11.3 Å². The molecule has 16 heavy (non-hydrogen) atoms. The van der Waals surface area contributed by atoms with E-state index in [4.69, 9.17) is 10.2 Å². The third kappa shape index (κ3) is 2.95. The summed E-state index contributed by atoms with van der Waals surface area (Å²) in [7, 11) is 0. The predicted octanol–water partition coefficient (Wildman–Crippen LogP) is 0.374. The number of amides is 1. The van der Waals surface area contributed by atoms with Crippen molar-refractivity contribution < 1.29 is 19.8 Å². The van der Waals surface area contributed by atoms with Crippen LogP contribution in [0.1, 0.15) is 33.1 Å². The largest absolute Gasteiger partial charge is 0.480 e. The lowest BCUT2D eigenvalue weighted by Crippen LogP contribution is -2.39. The second kappa shape index (κ2) is 4.82. The lowest BCUT2D eigenvalue weighted by Gasteiger charge is -2.16. The number of nitrogens with one attached hydrogen (secondary N) is 1. The van der Waals surface area contributed by atoms with Crippen LogP contribution in [-0.4, -0.2) is 34.7 Å². The summed E-state index contributed by atoms with van der Waals surface area (Å²) in [5.74, 6) is -1.28. The Kier molecular flexibility index (Phi) is 3.91. The van der Waals surface area contributed by atoms with Crippen molar-refractivity contribution in [2.24, 2.45) is 11.3 Å². The molecule has 3 N–H and O–H groups in total. The van der Waals surface area contributed by atoms with Crippen LogP contribution in [0.2, 0.25) is 0 Å². The van der Waals surface area contributed by atoms with E-state index in [-0.39, 0.29) is 5.92 Å². The second-order valence-electron chi connectivity index (χ2n) is 4.79. The lowest BCUT2D eigenvalue weighted by molar-refractivity contribution is -0.149. The summed E-state index contributed by atoms with van der Waals surface area (Å²) < 4.78 is 0. The highest BCUT2D eigenvalue weighted by Gasteiger charge is 2.56. The molecule has 0 saturated heterocycles.